The number of ether oxygens (including phenoxy) is 1. The number of pyridine rings is 1. The van der Waals surface area contributed by atoms with Gasteiger partial charge in [-0.1, -0.05) is 301 Å². The van der Waals surface area contributed by atoms with Crippen LogP contribution in [0.25, 0.3) is 83.4 Å². The van der Waals surface area contributed by atoms with Crippen molar-refractivity contribution < 1.29 is 40.8 Å². The van der Waals surface area contributed by atoms with Gasteiger partial charge < -0.3 is 4.74 Å². The lowest BCUT2D eigenvalue weighted by molar-refractivity contribution is -0.571. The molecule has 0 fully saturated rings. The molecule has 0 radical (unpaired) electrons. The van der Waals surface area contributed by atoms with Crippen LogP contribution in [-0.4, -0.2) is 22.2 Å². The minimum atomic E-state index is -5.75. The molecule has 6 heteroatoms. The zero-order valence-electron chi connectivity index (χ0n) is 78.1. The Morgan fingerprint density at radius 3 is 1.47 bits per heavy atom. The van der Waals surface area contributed by atoms with Crippen LogP contribution in [0.15, 0.2) is 273 Å². The number of aromatic nitrogens is 4. The van der Waals surface area contributed by atoms with Crippen molar-refractivity contribution in [1.29, 1.82) is 0 Å². The Balaban J connectivity index is 1.11. The van der Waals surface area contributed by atoms with Crippen molar-refractivity contribution in [3.63, 3.8) is 0 Å². The summed E-state index contributed by atoms with van der Waals surface area (Å²) in [6.45, 7) is 23.0. The van der Waals surface area contributed by atoms with Gasteiger partial charge in [-0.15, -0.1) is 0 Å². The predicted molar refractivity (Wildman–Crippen MR) is 402 cm³/mol. The molecule has 14 aromatic rings. The van der Waals surface area contributed by atoms with Crippen molar-refractivity contribution in [1.82, 2.24) is 14.1 Å². The van der Waals surface area contributed by atoms with Crippen LogP contribution in [0.4, 0.5) is 0 Å². The molecule has 3 aromatic heterocycles. The Hall–Kier alpha value is -10.1. The highest BCUT2D eigenvalue weighted by atomic mass is 28.3. The minimum absolute atomic E-state index is 0.116. The molecule has 0 amide bonds. The maximum Gasteiger partial charge on any atom is 0.269 e. The lowest BCUT2D eigenvalue weighted by Crippen LogP contribution is -2.74. The third-order valence-corrected chi connectivity index (χ3v) is 21.9. The molecule has 470 valence electrons. The molecule has 0 aliphatic carbocycles. The first-order valence-electron chi connectivity index (χ1n) is 43.1. The monoisotopic (exact) mass is 1280 g/mol. The van der Waals surface area contributed by atoms with Gasteiger partial charge in [0.25, 0.3) is 6.33 Å². The lowest BCUT2D eigenvalue weighted by atomic mass is 9.77. The first-order chi connectivity index (χ1) is 55.0. The van der Waals surface area contributed by atoms with Gasteiger partial charge in [0.2, 0.25) is 0 Å². The summed E-state index contributed by atoms with van der Waals surface area (Å²) in [6.07, 6.45) is 4.99. The first kappa shape index (κ1) is 40.9. The van der Waals surface area contributed by atoms with Gasteiger partial charge in [0.1, 0.15) is 17.3 Å². The van der Waals surface area contributed by atoms with E-state index in [1.165, 1.54) is 18.3 Å². The molecular weight excluding hydrogens is 1170 g/mol. The van der Waals surface area contributed by atoms with Crippen LogP contribution < -0.4 is 30.1 Å². The number of benzene rings is 11. The number of imidazole rings is 1. The van der Waals surface area contributed by atoms with Gasteiger partial charge in [-0.3, -0.25) is 13.7 Å². The van der Waals surface area contributed by atoms with E-state index in [1.807, 2.05) is 53.1 Å². The van der Waals surface area contributed by atoms with Crippen molar-refractivity contribution in [2.75, 3.05) is 0 Å². The van der Waals surface area contributed by atoms with Crippen LogP contribution in [0.3, 0.4) is 0 Å². The van der Waals surface area contributed by atoms with Crippen molar-refractivity contribution in [2.24, 2.45) is 0 Å². The molecule has 0 aliphatic rings. The van der Waals surface area contributed by atoms with Crippen molar-refractivity contribution in [3.8, 4) is 62.1 Å². The summed E-state index contributed by atoms with van der Waals surface area (Å²) in [5.74, 6) is 0.612. The van der Waals surface area contributed by atoms with E-state index >= 15 is 0 Å². The van der Waals surface area contributed by atoms with E-state index in [2.05, 4.69) is 126 Å². The molecular formula is C89H84N4OSi. The summed E-state index contributed by atoms with van der Waals surface area (Å²) in [4.78, 5) is 4.78. The fourth-order valence-electron chi connectivity index (χ4n) is 12.6. The quantitative estimate of drug-likeness (QED) is 0.0529. The molecule has 0 spiro atoms. The fourth-order valence-corrected chi connectivity index (χ4v) is 16.4. The van der Waals surface area contributed by atoms with Crippen LogP contribution in [0.2, 0.25) is 0 Å². The maximum atomic E-state index is 10.0. The summed E-state index contributed by atoms with van der Waals surface area (Å²) in [7, 11) is -5.75. The Morgan fingerprint density at radius 2 is 0.937 bits per heavy atom. The number of nitrogens with zero attached hydrogens (tertiary/aromatic N) is 4. The molecule has 14 rings (SSSR count). The molecule has 0 unspecified atom stereocenters. The van der Waals surface area contributed by atoms with E-state index in [1.54, 1.807) is 57.7 Å². The van der Waals surface area contributed by atoms with Gasteiger partial charge in [-0.2, -0.15) is 0 Å². The molecule has 0 atom stereocenters. The van der Waals surface area contributed by atoms with Gasteiger partial charge in [0, 0.05) is 32.7 Å². The Labute approximate surface area is 595 Å². The molecule has 11 aromatic carbocycles. The molecule has 95 heavy (non-hydrogen) atoms. The zero-order chi connectivity index (χ0) is 86.1. The van der Waals surface area contributed by atoms with Crippen LogP contribution in [-0.2, 0) is 21.7 Å². The fraction of sp³-hybridized carbons (Fsp3) is 0.191. The van der Waals surface area contributed by atoms with Crippen molar-refractivity contribution in [2.45, 2.75) is 112 Å². The van der Waals surface area contributed by atoms with Crippen molar-refractivity contribution >= 4 is 61.7 Å². The third kappa shape index (κ3) is 11.6. The summed E-state index contributed by atoms with van der Waals surface area (Å²) < 4.78 is 225. The highest BCUT2D eigenvalue weighted by molar-refractivity contribution is 7.20. The highest BCUT2D eigenvalue weighted by Gasteiger charge is 2.42. The van der Waals surface area contributed by atoms with Gasteiger partial charge >= 0.3 is 0 Å². The molecule has 0 N–H and O–H groups in total. The van der Waals surface area contributed by atoms with Gasteiger partial charge in [0.05, 0.1) is 60.9 Å². The summed E-state index contributed by atoms with van der Waals surface area (Å²) in [6, 6.07) is 28.3. The molecule has 0 bridgehead atoms. The topological polar surface area (TPSA) is 35.9 Å². The smallest absolute Gasteiger partial charge is 0.269 e. The summed E-state index contributed by atoms with van der Waals surface area (Å²) in [5, 5.41) is -0.675. The van der Waals surface area contributed by atoms with E-state index in [-0.39, 0.29) is 66.4 Å². The Morgan fingerprint density at radius 1 is 0.432 bits per heavy atom. The SMILES string of the molecule is [2H]c1c([2H])c([2H])c(-c2cnc(-n3c4ccccc4c4ccc(Oc5cccc(-n6[c-][n+](-c7c(-c8cc(C(C)(C)C)cc(C(C)(C)C)c8)cccc7-c7cc(C(C)(C)C)cc(C(C)(C)C)c7)c7ccc([Si](c8c([2H])c([2H])c([2H])c([2H])c8[2H])(c8c([2H])c([2H])c([2H])c([2H])c8[2H])c8c([2H])c([2H])c([2H])c([2H])c8[2H])cc76)c5)cc43)cc2C([2H])([2H])[2H])c([2H])c1[2H]. The number of para-hydroxylation sites is 2. The maximum absolute atomic E-state index is 10.0. The average Bonchev–Trinajstić information content (AvgIpc) is 0.849. The molecule has 3 heterocycles. The van der Waals surface area contributed by atoms with Crippen LogP contribution in [0, 0.1) is 13.2 Å². The van der Waals surface area contributed by atoms with E-state index in [4.69, 9.17) is 24.8 Å². The van der Waals surface area contributed by atoms with Crippen molar-refractivity contribution in [3.05, 3.63) is 307 Å². The van der Waals surface area contributed by atoms with Gasteiger partial charge in [0.15, 0.2) is 8.07 Å². The highest BCUT2D eigenvalue weighted by Crippen LogP contribution is 2.43. The second kappa shape index (κ2) is 24.0. The Bertz CT molecular complexity index is 6150. The number of rotatable bonds is 12. The number of hydrogen-bond acceptors (Lipinski definition) is 2. The lowest BCUT2D eigenvalue weighted by Gasteiger charge is -2.34. The zero-order valence-corrected chi connectivity index (χ0v) is 56.1. The largest absolute Gasteiger partial charge is 0.458 e. The number of aryl methyl sites for hydroxylation is 1. The first-order valence-corrected chi connectivity index (χ1v) is 33.6. The Kier molecular flexibility index (Phi) is 10.3. The van der Waals surface area contributed by atoms with Gasteiger partial charge in [-0.05, 0) is 147 Å². The summed E-state index contributed by atoms with van der Waals surface area (Å²) in [5.41, 5.74) is 7.70. The number of fused-ring (bicyclic) bond motifs is 4. The van der Waals surface area contributed by atoms with E-state index < -0.39 is 151 Å². The van der Waals surface area contributed by atoms with Gasteiger partial charge in [-0.25, -0.2) is 4.98 Å². The second-order valence-electron chi connectivity index (χ2n) is 28.2. The normalized spacial score (nSPS) is 16.0. The third-order valence-electron chi connectivity index (χ3n) is 17.8. The molecule has 0 aliphatic heterocycles. The van der Waals surface area contributed by atoms with E-state index in [0.29, 0.717) is 33.3 Å². The molecule has 5 nitrogen and oxygen atoms in total. The standard InChI is InChI=1S/C89H84N4OSi/c1-60-48-84(90-58-79(60)61-30-18-14-19-31-61)93-80-43-27-26-40-77(80)78-46-44-70(56-82(78)93)94-69-33-28-32-68(55-69)91-59-92(81-47-45-74(57-83(81)91)95(71-34-20-15-21-35-71,72-36-22-16-23-37-72)73-38-24-17-25-39-73)85-75(62-49-64(86(2,3)4)53-65(50-62)87(5,6)7)41-29-42-76(85)63-51-66(88(8,9)10)54-67(52-63)89(11,12)13/h14-58H,1-13H3/i1D3,14D,15D,16D,17D,18D,19D,20D,21D,22D,23D,24D,25D,30D,31D,34D,35D,36D,37D,38D,39D. The minimum Gasteiger partial charge on any atom is -0.458 e. The van der Waals surface area contributed by atoms with E-state index in [0.717, 1.165) is 49.9 Å². The number of hydrogen-bond donors (Lipinski definition) is 0. The van der Waals surface area contributed by atoms with Crippen LogP contribution in [0.5, 0.6) is 11.5 Å². The van der Waals surface area contributed by atoms with Crippen LogP contribution >= 0.6 is 0 Å². The molecule has 0 saturated heterocycles. The predicted octanol–water partition coefficient (Wildman–Crippen LogP) is 19.9. The van der Waals surface area contributed by atoms with E-state index in [9.17, 15) is 16.4 Å². The summed E-state index contributed by atoms with van der Waals surface area (Å²) >= 11 is 0. The van der Waals surface area contributed by atoms with Crippen LogP contribution in [0.1, 0.15) is 142 Å². The second-order valence-corrected chi connectivity index (χ2v) is 31.8. The average molecular weight is 1280 g/mol. The molecule has 0 saturated carbocycles.